The summed E-state index contributed by atoms with van der Waals surface area (Å²) < 4.78 is 26.9. The number of anilines is 1. The van der Waals surface area contributed by atoms with Crippen molar-refractivity contribution in [3.63, 3.8) is 0 Å². The molecule has 3 aromatic rings. The van der Waals surface area contributed by atoms with Gasteiger partial charge < -0.3 is 16.8 Å². The van der Waals surface area contributed by atoms with Crippen LogP contribution in [0, 0.1) is 5.41 Å². The first kappa shape index (κ1) is 24.2. The molecule has 0 saturated heterocycles. The molecule has 2 heterocycles. The van der Waals surface area contributed by atoms with Gasteiger partial charge in [0, 0.05) is 35.3 Å². The Morgan fingerprint density at radius 1 is 1.21 bits per heavy atom. The summed E-state index contributed by atoms with van der Waals surface area (Å²) in [7, 11) is -3.26. The van der Waals surface area contributed by atoms with Crippen molar-refractivity contribution in [1.29, 1.82) is 0 Å². The fourth-order valence-corrected chi connectivity index (χ4v) is 4.96. The van der Waals surface area contributed by atoms with Crippen molar-refractivity contribution in [3.8, 4) is 11.1 Å². The molecule has 1 aliphatic rings. The Balaban J connectivity index is 1.69. The van der Waals surface area contributed by atoms with E-state index in [-0.39, 0.29) is 23.5 Å². The molecular weight excluding hydrogens is 452 g/mol. The molecule has 1 aliphatic carbocycles. The lowest BCUT2D eigenvalue weighted by molar-refractivity contribution is 0.100. The molecule has 1 aromatic carbocycles. The molecule has 1 saturated carbocycles. The number of fused-ring (bicyclic) bond motifs is 1. The van der Waals surface area contributed by atoms with Gasteiger partial charge in [0.1, 0.15) is 0 Å². The van der Waals surface area contributed by atoms with E-state index < -0.39 is 15.9 Å². The largest absolute Gasteiger partial charge is 0.379 e. The summed E-state index contributed by atoms with van der Waals surface area (Å²) in [4.78, 5) is 12.2. The van der Waals surface area contributed by atoms with Crippen LogP contribution in [0.1, 0.15) is 49.5 Å². The van der Waals surface area contributed by atoms with Crippen LogP contribution in [0.3, 0.4) is 0 Å². The van der Waals surface area contributed by atoms with Gasteiger partial charge in [0.15, 0.2) is 0 Å². The fraction of sp³-hybridized carbons (Fsp3) is 0.417. The lowest BCUT2D eigenvalue weighted by Gasteiger charge is -2.39. The van der Waals surface area contributed by atoms with Crippen LogP contribution in [0.4, 0.5) is 5.69 Å². The van der Waals surface area contributed by atoms with Crippen molar-refractivity contribution in [3.05, 3.63) is 53.9 Å². The molecule has 0 spiro atoms. The zero-order chi connectivity index (χ0) is 24.9. The van der Waals surface area contributed by atoms with Gasteiger partial charge in [-0.1, -0.05) is 38.1 Å². The first-order valence-corrected chi connectivity index (χ1v) is 13.1. The number of aromatic nitrogens is 2. The Labute approximate surface area is 200 Å². The van der Waals surface area contributed by atoms with E-state index in [4.69, 9.17) is 11.5 Å². The number of nitrogens with one attached hydrogen (secondary N) is 2. The van der Waals surface area contributed by atoms with Crippen LogP contribution in [0.2, 0.25) is 0 Å². The average Bonchev–Trinajstić information content (AvgIpc) is 3.26. The zero-order valence-corrected chi connectivity index (χ0v) is 20.7. The minimum absolute atomic E-state index is 0.0618. The Bertz CT molecular complexity index is 1340. The zero-order valence-electron chi connectivity index (χ0n) is 19.9. The van der Waals surface area contributed by atoms with Crippen LogP contribution in [0.25, 0.3) is 16.6 Å². The van der Waals surface area contributed by atoms with Crippen LogP contribution in [0.5, 0.6) is 0 Å². The fourth-order valence-electron chi connectivity index (χ4n) is 4.53. The minimum Gasteiger partial charge on any atom is -0.379 e. The minimum atomic E-state index is -3.26. The summed E-state index contributed by atoms with van der Waals surface area (Å²) in [6, 6.07) is 9.63. The van der Waals surface area contributed by atoms with Crippen LogP contribution in [-0.2, 0) is 16.6 Å². The lowest BCUT2D eigenvalue weighted by atomic mass is 9.75. The SMILES string of the molecule is CC1(C)[C@H](Nc2c(C(N)=O)cnn3cc(-c4ccc(CNS(C)(=O)=O)cc4)cc23)CC[C@]1(C)N. The van der Waals surface area contributed by atoms with Crippen molar-refractivity contribution in [1.82, 2.24) is 14.3 Å². The summed E-state index contributed by atoms with van der Waals surface area (Å²) in [5, 5.41) is 7.97. The molecule has 10 heteroatoms. The number of sulfonamides is 1. The normalized spacial score (nSPS) is 22.2. The van der Waals surface area contributed by atoms with E-state index in [1.807, 2.05) is 36.5 Å². The molecular formula is C24H32N6O3S. The second-order valence-electron chi connectivity index (χ2n) is 10.0. The van der Waals surface area contributed by atoms with Crippen molar-refractivity contribution < 1.29 is 13.2 Å². The van der Waals surface area contributed by atoms with Gasteiger partial charge in [-0.3, -0.25) is 4.79 Å². The third-order valence-corrected chi connectivity index (χ3v) is 8.01. The van der Waals surface area contributed by atoms with Crippen LogP contribution < -0.4 is 21.5 Å². The highest BCUT2D eigenvalue weighted by Crippen LogP contribution is 2.46. The molecule has 6 N–H and O–H groups in total. The summed E-state index contributed by atoms with van der Waals surface area (Å²) in [6.45, 7) is 6.58. The van der Waals surface area contributed by atoms with Gasteiger partial charge in [0.2, 0.25) is 10.0 Å². The van der Waals surface area contributed by atoms with E-state index in [2.05, 4.69) is 35.9 Å². The summed E-state index contributed by atoms with van der Waals surface area (Å²) in [5.74, 6) is -0.547. The van der Waals surface area contributed by atoms with E-state index in [1.165, 1.54) is 6.20 Å². The Kier molecular flexibility index (Phi) is 5.95. The number of primary amides is 1. The number of benzene rings is 1. The lowest BCUT2D eigenvalue weighted by Crippen LogP contribution is -2.51. The average molecular weight is 485 g/mol. The second kappa shape index (κ2) is 8.37. The van der Waals surface area contributed by atoms with E-state index >= 15 is 0 Å². The predicted molar refractivity (Wildman–Crippen MR) is 134 cm³/mol. The van der Waals surface area contributed by atoms with Crippen LogP contribution in [-0.4, -0.2) is 41.8 Å². The molecule has 0 bridgehead atoms. The number of carbonyl (C=O) groups excluding carboxylic acids is 1. The van der Waals surface area contributed by atoms with Crippen molar-refractivity contribution in [2.75, 3.05) is 11.6 Å². The Morgan fingerprint density at radius 3 is 2.44 bits per heavy atom. The summed E-state index contributed by atoms with van der Waals surface area (Å²) in [6.07, 6.45) is 6.27. The van der Waals surface area contributed by atoms with Crippen molar-refractivity contribution >= 4 is 27.1 Å². The molecule has 2 atom stereocenters. The molecule has 34 heavy (non-hydrogen) atoms. The molecule has 1 fully saturated rings. The van der Waals surface area contributed by atoms with Crippen molar-refractivity contribution in [2.24, 2.45) is 16.9 Å². The standard InChI is InChI=1S/C24H32N6O3S/c1-23(2)20(9-10-24(23,3)26)29-21-18(22(25)31)13-27-30-14-17(11-19(21)30)16-7-5-15(6-8-16)12-28-34(4,32)33/h5-8,11,13-14,20,28-29H,9-10,12,26H2,1-4H3,(H2,25,31)/t20-,24+/m1/s1. The predicted octanol–water partition coefficient (Wildman–Crippen LogP) is 2.47. The summed E-state index contributed by atoms with van der Waals surface area (Å²) in [5.41, 5.74) is 16.2. The van der Waals surface area contributed by atoms with E-state index in [1.54, 1.807) is 4.52 Å². The van der Waals surface area contributed by atoms with Crippen LogP contribution in [0.15, 0.2) is 42.7 Å². The van der Waals surface area contributed by atoms with Gasteiger partial charge in [-0.15, -0.1) is 0 Å². The molecule has 2 aromatic heterocycles. The number of amides is 1. The molecule has 0 aliphatic heterocycles. The Hall–Kier alpha value is -2.95. The number of hydrogen-bond donors (Lipinski definition) is 4. The van der Waals surface area contributed by atoms with Gasteiger partial charge in [-0.2, -0.15) is 5.10 Å². The van der Waals surface area contributed by atoms with E-state index in [0.717, 1.165) is 41.3 Å². The monoisotopic (exact) mass is 484 g/mol. The molecule has 182 valence electrons. The highest BCUT2D eigenvalue weighted by atomic mass is 32.2. The van der Waals surface area contributed by atoms with E-state index in [0.29, 0.717) is 11.3 Å². The second-order valence-corrected chi connectivity index (χ2v) is 11.9. The van der Waals surface area contributed by atoms with Gasteiger partial charge in [-0.05, 0) is 37.0 Å². The number of nitrogens with two attached hydrogens (primary N) is 2. The first-order chi connectivity index (χ1) is 15.8. The highest BCUT2D eigenvalue weighted by molar-refractivity contribution is 7.88. The Morgan fingerprint density at radius 2 is 1.88 bits per heavy atom. The molecule has 0 radical (unpaired) electrons. The number of nitrogens with zero attached hydrogens (tertiary/aromatic N) is 2. The van der Waals surface area contributed by atoms with Gasteiger partial charge >= 0.3 is 0 Å². The molecule has 0 unspecified atom stereocenters. The third-order valence-electron chi connectivity index (χ3n) is 7.34. The molecule has 4 rings (SSSR count). The maximum Gasteiger partial charge on any atom is 0.252 e. The molecule has 1 amide bonds. The number of carbonyl (C=O) groups is 1. The van der Waals surface area contributed by atoms with Crippen LogP contribution >= 0.6 is 0 Å². The quantitative estimate of drug-likeness (QED) is 0.405. The smallest absolute Gasteiger partial charge is 0.252 e. The number of hydrogen-bond acceptors (Lipinski definition) is 6. The highest BCUT2D eigenvalue weighted by Gasteiger charge is 2.49. The summed E-state index contributed by atoms with van der Waals surface area (Å²) >= 11 is 0. The third kappa shape index (κ3) is 4.53. The first-order valence-electron chi connectivity index (χ1n) is 11.2. The maximum atomic E-state index is 12.2. The van der Waals surface area contributed by atoms with Gasteiger partial charge in [0.05, 0.1) is 29.2 Å². The van der Waals surface area contributed by atoms with Gasteiger partial charge in [-0.25, -0.2) is 17.7 Å². The number of rotatable bonds is 7. The topological polar surface area (TPSA) is 145 Å². The molecule has 9 nitrogen and oxygen atoms in total. The van der Waals surface area contributed by atoms with Crippen molar-refractivity contribution in [2.45, 2.75) is 51.7 Å². The van der Waals surface area contributed by atoms with E-state index in [9.17, 15) is 13.2 Å². The maximum absolute atomic E-state index is 12.2. The van der Waals surface area contributed by atoms with Gasteiger partial charge in [0.25, 0.3) is 5.91 Å².